The van der Waals surface area contributed by atoms with E-state index in [2.05, 4.69) is 0 Å². The third kappa shape index (κ3) is 7.27. The topological polar surface area (TPSA) is 42.6 Å². The summed E-state index contributed by atoms with van der Waals surface area (Å²) in [6.07, 6.45) is 0. The van der Waals surface area contributed by atoms with Gasteiger partial charge in [0.15, 0.2) is 11.2 Å². The first-order chi connectivity index (χ1) is 53.0. The number of fused-ring (bicyclic) bond motifs is 16. The summed E-state index contributed by atoms with van der Waals surface area (Å²) in [5, 5.41) is 1.09. The van der Waals surface area contributed by atoms with E-state index < -0.39 is 179 Å². The number of para-hydroxylation sites is 6. The van der Waals surface area contributed by atoms with E-state index in [-0.39, 0.29) is 83.2 Å². The van der Waals surface area contributed by atoms with Crippen molar-refractivity contribution >= 4 is 145 Å². The fraction of sp³-hybridized carbons (Fsp3) is 0.0488. The molecule has 17 aromatic rings. The highest BCUT2D eigenvalue weighted by Crippen LogP contribution is 2.53. The molecule has 6 nitrogen and oxygen atoms in total. The molecule has 0 saturated carbocycles. The van der Waals surface area contributed by atoms with Gasteiger partial charge in [0.2, 0.25) is 0 Å². The maximum Gasteiger partial charge on any atom is 0.252 e. The smallest absolute Gasteiger partial charge is 0.252 e. The van der Waals surface area contributed by atoms with Crippen molar-refractivity contribution in [3.05, 3.63) is 284 Å². The van der Waals surface area contributed by atoms with Gasteiger partial charge >= 0.3 is 0 Å². The number of rotatable bonds is 6. The van der Waals surface area contributed by atoms with Crippen LogP contribution in [0.5, 0.6) is 0 Å². The molecule has 0 unspecified atom stereocenters. The number of hydrogen-bond acceptors (Lipinski definition) is 4. The van der Waals surface area contributed by atoms with Crippen LogP contribution in [0.3, 0.4) is 0 Å². The average molecular weight is 1160 g/mol. The minimum absolute atomic E-state index is 0.196. The van der Waals surface area contributed by atoms with E-state index in [1.165, 1.54) is 0 Å². The summed E-state index contributed by atoms with van der Waals surface area (Å²) in [7, 11) is 0. The third-order valence-electron chi connectivity index (χ3n) is 17.5. The van der Waals surface area contributed by atoms with Crippen LogP contribution in [0.1, 0.15) is 56.5 Å². The van der Waals surface area contributed by atoms with Gasteiger partial charge in [-0.05, 0) is 146 Å². The van der Waals surface area contributed by atoms with Crippen molar-refractivity contribution in [1.29, 1.82) is 0 Å². The van der Waals surface area contributed by atoms with E-state index in [1.54, 1.807) is 21.9 Å². The molecule has 0 amide bonds. The Morgan fingerprint density at radius 3 is 1.13 bits per heavy atom. The highest BCUT2D eigenvalue weighted by molar-refractivity contribution is 7.00. The molecule has 13 aromatic carbocycles. The van der Waals surface area contributed by atoms with Crippen molar-refractivity contribution in [3.63, 3.8) is 0 Å². The predicted molar refractivity (Wildman–Crippen MR) is 373 cm³/mol. The quantitative estimate of drug-likeness (QED) is 0.156. The van der Waals surface area contributed by atoms with Gasteiger partial charge in [0.1, 0.15) is 11.2 Å². The lowest BCUT2D eigenvalue weighted by molar-refractivity contribution is 0.590. The molecule has 7 heteroatoms. The summed E-state index contributed by atoms with van der Waals surface area (Å²) in [5.41, 5.74) is 1.35. The van der Waals surface area contributed by atoms with Crippen LogP contribution < -0.4 is 26.2 Å². The summed E-state index contributed by atoms with van der Waals surface area (Å²) >= 11 is 0. The van der Waals surface area contributed by atoms with Crippen LogP contribution in [-0.4, -0.2) is 15.8 Å². The fourth-order valence-corrected chi connectivity index (χ4v) is 13.5. The standard InChI is InChI=1S/C82H55BN4O2/c1-82(2,3)54-46-73-79-74(47-54)87(76-45-53(51-24-8-5-9-25-51)43-64-62-31-15-21-37-78(62)89-81(64)76)72-49-56(85-69-34-18-12-28-59(69)60-29-13-19-35-70(60)85)39-41-66(72)83(79)65-40-38-55(84-67-32-16-10-26-57(67)58-27-11-17-33-68(58)84)48-71(65)86(73)75-44-52(50-22-6-4-7-23-50)42-63-61-30-14-20-36-77(61)88-80(63)75/h4-49H,1-3H3/i10D,11D,12D,13D,16D,17D,18D,19D,26D,27D,28D,29D,32D,33D,34D,35D,38D,39D,40D,41D,48D,49D. The Bertz CT molecular complexity index is 6620. The number of hydrogen-bond donors (Lipinski definition) is 0. The molecule has 89 heavy (non-hydrogen) atoms. The highest BCUT2D eigenvalue weighted by atomic mass is 16.3. The maximum atomic E-state index is 11.4. The Hall–Kier alpha value is -11.3. The summed E-state index contributed by atoms with van der Waals surface area (Å²) in [5.74, 6) is 0. The van der Waals surface area contributed by atoms with E-state index in [1.807, 2.05) is 154 Å². The molecule has 0 fully saturated rings. The predicted octanol–water partition coefficient (Wildman–Crippen LogP) is 20.4. The molecule has 4 aromatic heterocycles. The Morgan fingerprint density at radius 1 is 0.348 bits per heavy atom. The van der Waals surface area contributed by atoms with E-state index in [0.717, 1.165) is 20.3 Å². The zero-order valence-electron chi connectivity index (χ0n) is 69.5. The van der Waals surface area contributed by atoms with Gasteiger partial charge in [-0.2, -0.15) is 0 Å². The Morgan fingerprint density at radius 2 is 0.730 bits per heavy atom. The Balaban J connectivity index is 1.07. The maximum absolute atomic E-state index is 11.4. The molecule has 19 rings (SSSR count). The van der Waals surface area contributed by atoms with Gasteiger partial charge in [-0.25, -0.2) is 0 Å². The molecule has 0 spiro atoms. The van der Waals surface area contributed by atoms with Gasteiger partial charge in [-0.15, -0.1) is 0 Å². The Kier molecular flexibility index (Phi) is 6.91. The molecule has 0 radical (unpaired) electrons. The molecule has 6 heterocycles. The molecule has 2 aliphatic heterocycles. The third-order valence-corrected chi connectivity index (χ3v) is 17.5. The molecule has 0 atom stereocenters. The lowest BCUT2D eigenvalue weighted by Gasteiger charge is -2.45. The molecule has 0 aliphatic carbocycles. The zero-order valence-corrected chi connectivity index (χ0v) is 47.5. The van der Waals surface area contributed by atoms with Crippen LogP contribution in [0.15, 0.2) is 287 Å². The van der Waals surface area contributed by atoms with Crippen LogP contribution in [0.2, 0.25) is 0 Å². The largest absolute Gasteiger partial charge is 0.454 e. The SMILES string of the molecule is [2H]c1c([2H])c(-n2c3c([2H])c([2H])c([2H])c([2H])c3c3c([2H])c([2H])c([2H])c([2H])c32)c([2H])c2c1B1c3c(cc(C(C)(C)C)cc3N(c3cc(-c4ccccc4)cc4c3oc3ccccc34)c3c([2H])c(-n4c5c([2H])c([2H])c([2H])c([2H])c5c5c([2H])c([2H])c([2H])c([2H])c54)c([2H])c([2H])c31)N2c1cc(-c2ccccc2)cc2c1oc1ccccc12. The number of benzene rings is 13. The minimum Gasteiger partial charge on any atom is -0.454 e. The number of nitrogens with zero attached hydrogens (tertiary/aromatic N) is 4. The van der Waals surface area contributed by atoms with Crippen molar-refractivity contribution in [3.8, 4) is 33.6 Å². The molecular formula is C82H55BN4O2. The van der Waals surface area contributed by atoms with Crippen LogP contribution in [0.4, 0.5) is 34.1 Å². The fourth-order valence-electron chi connectivity index (χ4n) is 13.5. The Labute approximate surface area is 544 Å². The normalized spacial score (nSPS) is 16.5. The molecular weight excluding hydrogens is 1080 g/mol. The molecule has 2 aliphatic rings. The summed E-state index contributed by atoms with van der Waals surface area (Å²) in [6, 6.07) is 29.1. The van der Waals surface area contributed by atoms with Crippen molar-refractivity contribution in [1.82, 2.24) is 9.13 Å². The van der Waals surface area contributed by atoms with Gasteiger partial charge in [-0.3, -0.25) is 0 Å². The average Bonchev–Trinajstić information content (AvgIpc) is 1.63. The summed E-state index contributed by atoms with van der Waals surface area (Å²) < 4.78 is 232. The van der Waals surface area contributed by atoms with Gasteiger partial charge < -0.3 is 27.8 Å². The number of aromatic nitrogens is 2. The monoisotopic (exact) mass is 1160 g/mol. The van der Waals surface area contributed by atoms with Gasteiger partial charge in [0, 0.05) is 77.2 Å². The van der Waals surface area contributed by atoms with Crippen molar-refractivity contribution in [2.45, 2.75) is 26.2 Å². The van der Waals surface area contributed by atoms with Crippen molar-refractivity contribution in [2.75, 3.05) is 9.80 Å². The second kappa shape index (κ2) is 18.6. The van der Waals surface area contributed by atoms with Gasteiger partial charge in [0.25, 0.3) is 6.71 Å². The van der Waals surface area contributed by atoms with Crippen molar-refractivity contribution < 1.29 is 39.0 Å². The van der Waals surface area contributed by atoms with Crippen LogP contribution >= 0.6 is 0 Å². The number of anilines is 6. The van der Waals surface area contributed by atoms with Gasteiger partial charge in [0.05, 0.1) is 63.6 Å². The van der Waals surface area contributed by atoms with E-state index >= 15 is 0 Å². The first kappa shape index (κ1) is 33.0. The molecule has 0 N–H and O–H groups in total. The van der Waals surface area contributed by atoms with E-state index in [4.69, 9.17) is 14.3 Å². The first-order valence-corrected chi connectivity index (χ1v) is 29.1. The molecule has 0 bridgehead atoms. The highest BCUT2D eigenvalue weighted by Gasteiger charge is 2.46. The zero-order chi connectivity index (χ0) is 77.9. The first-order valence-electron chi connectivity index (χ1n) is 40.1. The van der Waals surface area contributed by atoms with Crippen LogP contribution in [0, 0.1) is 0 Å². The molecule has 418 valence electrons. The van der Waals surface area contributed by atoms with E-state index in [9.17, 15) is 24.7 Å². The number of furan rings is 2. The second-order valence-electron chi connectivity index (χ2n) is 23.5. The van der Waals surface area contributed by atoms with Crippen LogP contribution in [0.25, 0.3) is 121 Å². The minimum atomic E-state index is -1.64. The molecule has 0 saturated heterocycles. The van der Waals surface area contributed by atoms with E-state index in [0.29, 0.717) is 49.4 Å². The summed E-state index contributed by atoms with van der Waals surface area (Å²) in [6.45, 7) is 4.29. The van der Waals surface area contributed by atoms with Crippen LogP contribution in [-0.2, 0) is 5.41 Å². The van der Waals surface area contributed by atoms with Crippen molar-refractivity contribution in [2.24, 2.45) is 0 Å². The van der Waals surface area contributed by atoms with Gasteiger partial charge in [-0.1, -0.05) is 202 Å². The second-order valence-corrected chi connectivity index (χ2v) is 23.5. The lowest BCUT2D eigenvalue weighted by Crippen LogP contribution is -2.61. The lowest BCUT2D eigenvalue weighted by atomic mass is 9.33. The summed E-state index contributed by atoms with van der Waals surface area (Å²) in [4.78, 5) is 3.47.